The van der Waals surface area contributed by atoms with Crippen LogP contribution < -0.4 is 10.2 Å². The lowest BCUT2D eigenvalue weighted by molar-refractivity contribution is -0.115. The van der Waals surface area contributed by atoms with Gasteiger partial charge in [0.05, 0.1) is 5.25 Å². The van der Waals surface area contributed by atoms with E-state index in [1.165, 1.54) is 18.5 Å². The molecular formula is C18H30N2OS. The minimum atomic E-state index is -0.00553. The van der Waals surface area contributed by atoms with E-state index in [0.717, 1.165) is 18.0 Å². The van der Waals surface area contributed by atoms with E-state index >= 15 is 0 Å². The van der Waals surface area contributed by atoms with Crippen LogP contribution in [0.25, 0.3) is 0 Å². The maximum absolute atomic E-state index is 12.1. The Morgan fingerprint density at radius 3 is 2.32 bits per heavy atom. The fourth-order valence-corrected chi connectivity index (χ4v) is 3.33. The molecule has 1 aromatic carbocycles. The molecule has 0 saturated carbocycles. The number of hydrogen-bond acceptors (Lipinski definition) is 3. The van der Waals surface area contributed by atoms with Crippen molar-refractivity contribution in [3.05, 3.63) is 24.3 Å². The van der Waals surface area contributed by atoms with Crippen molar-refractivity contribution in [1.29, 1.82) is 0 Å². The molecule has 4 heteroatoms. The number of benzene rings is 1. The third-order valence-electron chi connectivity index (χ3n) is 3.67. The highest BCUT2D eigenvalue weighted by Gasteiger charge is 2.13. The maximum atomic E-state index is 12.1. The predicted molar refractivity (Wildman–Crippen MR) is 100 cm³/mol. The Bertz CT molecular complexity index is 445. The lowest BCUT2D eigenvalue weighted by Crippen LogP contribution is -2.30. The zero-order chi connectivity index (χ0) is 16.5. The first-order valence-corrected chi connectivity index (χ1v) is 9.33. The number of unbranched alkanes of at least 4 members (excludes halogenated alkanes) is 1. The van der Waals surface area contributed by atoms with Gasteiger partial charge in [0, 0.05) is 24.0 Å². The lowest BCUT2D eigenvalue weighted by Gasteiger charge is -2.27. The third kappa shape index (κ3) is 5.91. The molecule has 124 valence electrons. The highest BCUT2D eigenvalue weighted by molar-refractivity contribution is 8.00. The van der Waals surface area contributed by atoms with Crippen LogP contribution in [0.1, 0.15) is 47.5 Å². The summed E-state index contributed by atoms with van der Waals surface area (Å²) in [6, 6.07) is 8.60. The minimum absolute atomic E-state index is 0.00553. The van der Waals surface area contributed by atoms with Crippen LogP contribution in [0.4, 0.5) is 11.4 Å². The Morgan fingerprint density at radius 1 is 1.18 bits per heavy atom. The Hall–Kier alpha value is -1.16. The lowest BCUT2D eigenvalue weighted by atomic mass is 10.2. The van der Waals surface area contributed by atoms with Crippen molar-refractivity contribution >= 4 is 29.0 Å². The molecule has 1 N–H and O–H groups in total. The van der Waals surface area contributed by atoms with E-state index in [1.54, 1.807) is 11.8 Å². The highest BCUT2D eigenvalue weighted by Crippen LogP contribution is 2.21. The number of carbonyl (C=O) groups excluding carboxylic acids is 1. The number of nitrogens with one attached hydrogen (secondary N) is 1. The van der Waals surface area contributed by atoms with Crippen molar-refractivity contribution in [2.45, 2.75) is 58.8 Å². The SMILES string of the molecule is CCCCSC(C)C(=O)Nc1ccc(N(CC)C(C)C)cc1. The number of nitrogens with zero attached hydrogens (tertiary/aromatic N) is 1. The Morgan fingerprint density at radius 2 is 1.82 bits per heavy atom. The van der Waals surface area contributed by atoms with Crippen LogP contribution >= 0.6 is 11.8 Å². The topological polar surface area (TPSA) is 32.3 Å². The molecule has 3 nitrogen and oxygen atoms in total. The summed E-state index contributed by atoms with van der Waals surface area (Å²) < 4.78 is 0. The van der Waals surface area contributed by atoms with Gasteiger partial charge in [-0.2, -0.15) is 0 Å². The summed E-state index contributed by atoms with van der Waals surface area (Å²) in [6.45, 7) is 11.7. The van der Waals surface area contributed by atoms with Gasteiger partial charge in [-0.05, 0) is 64.1 Å². The summed E-state index contributed by atoms with van der Waals surface area (Å²) in [5.41, 5.74) is 2.07. The molecule has 0 bridgehead atoms. The van der Waals surface area contributed by atoms with Gasteiger partial charge in [0.1, 0.15) is 0 Å². The molecule has 1 unspecified atom stereocenters. The van der Waals surface area contributed by atoms with Crippen LogP contribution in [0, 0.1) is 0 Å². The quantitative estimate of drug-likeness (QED) is 0.664. The van der Waals surface area contributed by atoms with Crippen molar-refractivity contribution < 1.29 is 4.79 Å². The summed E-state index contributed by atoms with van der Waals surface area (Å²) in [5.74, 6) is 1.13. The monoisotopic (exact) mass is 322 g/mol. The van der Waals surface area contributed by atoms with E-state index in [4.69, 9.17) is 0 Å². The second-order valence-electron chi connectivity index (χ2n) is 5.78. The number of thioether (sulfide) groups is 1. The van der Waals surface area contributed by atoms with E-state index in [0.29, 0.717) is 6.04 Å². The number of amides is 1. The average Bonchev–Trinajstić information content (AvgIpc) is 2.49. The predicted octanol–water partition coefficient (Wildman–Crippen LogP) is 4.78. The summed E-state index contributed by atoms with van der Waals surface area (Å²) in [7, 11) is 0. The summed E-state index contributed by atoms with van der Waals surface area (Å²) in [5, 5.41) is 3.00. The Balaban J connectivity index is 2.58. The smallest absolute Gasteiger partial charge is 0.237 e. The van der Waals surface area contributed by atoms with Crippen molar-refractivity contribution in [3.63, 3.8) is 0 Å². The zero-order valence-corrected chi connectivity index (χ0v) is 15.4. The molecule has 0 heterocycles. The van der Waals surface area contributed by atoms with Crippen molar-refractivity contribution in [1.82, 2.24) is 0 Å². The number of hydrogen-bond donors (Lipinski definition) is 1. The summed E-state index contributed by atoms with van der Waals surface area (Å²) >= 11 is 1.72. The molecule has 0 aliphatic rings. The Kier molecular flexibility index (Phi) is 8.39. The van der Waals surface area contributed by atoms with Gasteiger partial charge in [-0.25, -0.2) is 0 Å². The van der Waals surface area contributed by atoms with Crippen molar-refractivity contribution in [2.24, 2.45) is 0 Å². The molecule has 1 atom stereocenters. The average molecular weight is 323 g/mol. The van der Waals surface area contributed by atoms with Gasteiger partial charge in [0.15, 0.2) is 0 Å². The molecule has 0 aliphatic carbocycles. The molecule has 0 aromatic heterocycles. The number of anilines is 2. The molecule has 1 rings (SSSR count). The third-order valence-corrected chi connectivity index (χ3v) is 4.90. The van der Waals surface area contributed by atoms with Gasteiger partial charge in [-0.15, -0.1) is 11.8 Å². The maximum Gasteiger partial charge on any atom is 0.237 e. The van der Waals surface area contributed by atoms with Crippen LogP contribution in [-0.2, 0) is 4.79 Å². The van der Waals surface area contributed by atoms with E-state index in [-0.39, 0.29) is 11.2 Å². The van der Waals surface area contributed by atoms with Gasteiger partial charge in [0.25, 0.3) is 0 Å². The van der Waals surface area contributed by atoms with Crippen LogP contribution in [0.2, 0.25) is 0 Å². The van der Waals surface area contributed by atoms with E-state index < -0.39 is 0 Å². The minimum Gasteiger partial charge on any atom is -0.369 e. The molecular weight excluding hydrogens is 292 g/mol. The second kappa shape index (κ2) is 9.78. The van der Waals surface area contributed by atoms with E-state index in [9.17, 15) is 4.79 Å². The zero-order valence-electron chi connectivity index (χ0n) is 14.6. The molecule has 0 saturated heterocycles. The van der Waals surface area contributed by atoms with Gasteiger partial charge >= 0.3 is 0 Å². The highest BCUT2D eigenvalue weighted by atomic mass is 32.2. The molecule has 0 fully saturated rings. The van der Waals surface area contributed by atoms with Crippen molar-refractivity contribution in [3.8, 4) is 0 Å². The van der Waals surface area contributed by atoms with E-state index in [1.807, 2.05) is 19.1 Å². The number of carbonyl (C=O) groups is 1. The van der Waals surface area contributed by atoms with Crippen LogP contribution in [0.5, 0.6) is 0 Å². The van der Waals surface area contributed by atoms with Gasteiger partial charge in [-0.1, -0.05) is 13.3 Å². The molecule has 0 aliphatic heterocycles. The first kappa shape index (κ1) is 18.9. The first-order valence-electron chi connectivity index (χ1n) is 8.28. The van der Waals surface area contributed by atoms with Crippen LogP contribution in [0.3, 0.4) is 0 Å². The Labute approximate surface area is 139 Å². The van der Waals surface area contributed by atoms with Gasteiger partial charge in [-0.3, -0.25) is 4.79 Å². The molecule has 1 aromatic rings. The normalized spacial score (nSPS) is 12.3. The molecule has 0 spiro atoms. The largest absolute Gasteiger partial charge is 0.369 e. The fraction of sp³-hybridized carbons (Fsp3) is 0.611. The molecule has 0 radical (unpaired) electrons. The fourth-order valence-electron chi connectivity index (χ4n) is 2.31. The van der Waals surface area contributed by atoms with Gasteiger partial charge in [0.2, 0.25) is 5.91 Å². The van der Waals surface area contributed by atoms with Gasteiger partial charge < -0.3 is 10.2 Å². The number of rotatable bonds is 9. The molecule has 22 heavy (non-hydrogen) atoms. The molecule has 1 amide bonds. The van der Waals surface area contributed by atoms with E-state index in [2.05, 4.69) is 50.0 Å². The first-order chi connectivity index (χ1) is 10.5. The summed E-state index contributed by atoms with van der Waals surface area (Å²) in [6.07, 6.45) is 2.34. The van der Waals surface area contributed by atoms with Crippen LogP contribution in [0.15, 0.2) is 24.3 Å². The second-order valence-corrected chi connectivity index (χ2v) is 7.23. The van der Waals surface area contributed by atoms with Crippen molar-refractivity contribution in [2.75, 3.05) is 22.5 Å². The standard InChI is InChI=1S/C18H30N2OS/c1-6-8-13-22-15(5)18(21)19-16-9-11-17(12-10-16)20(7-2)14(3)4/h9-12,14-15H,6-8,13H2,1-5H3,(H,19,21). The summed E-state index contributed by atoms with van der Waals surface area (Å²) in [4.78, 5) is 14.5. The van der Waals surface area contributed by atoms with Crippen LogP contribution in [-0.4, -0.2) is 29.5 Å².